The number of aryl methyl sites for hydroxylation is 1. The van der Waals surface area contributed by atoms with E-state index in [1.165, 1.54) is 24.7 Å². The van der Waals surface area contributed by atoms with Gasteiger partial charge in [0.2, 0.25) is 10.0 Å². The molecule has 2 atom stereocenters. The van der Waals surface area contributed by atoms with Gasteiger partial charge >= 0.3 is 0 Å². The summed E-state index contributed by atoms with van der Waals surface area (Å²) in [7, 11) is -2.04. The lowest BCUT2D eigenvalue weighted by molar-refractivity contribution is 0.0830. The summed E-state index contributed by atoms with van der Waals surface area (Å²) in [5.41, 5.74) is 3.73. The lowest BCUT2D eigenvalue weighted by Gasteiger charge is -2.25. The van der Waals surface area contributed by atoms with Crippen molar-refractivity contribution in [2.75, 3.05) is 17.9 Å². The van der Waals surface area contributed by atoms with Gasteiger partial charge in [0.05, 0.1) is 23.6 Å². The van der Waals surface area contributed by atoms with Gasteiger partial charge in [0.25, 0.3) is 5.91 Å². The van der Waals surface area contributed by atoms with Crippen molar-refractivity contribution in [3.63, 3.8) is 0 Å². The Labute approximate surface area is 221 Å². The molecule has 0 radical (unpaired) electrons. The summed E-state index contributed by atoms with van der Waals surface area (Å²) in [5.74, 6) is -2.19. The van der Waals surface area contributed by atoms with E-state index in [0.717, 1.165) is 34.5 Å². The summed E-state index contributed by atoms with van der Waals surface area (Å²) in [6.07, 6.45) is -0.204. The van der Waals surface area contributed by atoms with Crippen molar-refractivity contribution in [2.24, 2.45) is 0 Å². The first-order chi connectivity index (χ1) is 18.1. The Kier molecular flexibility index (Phi) is 8.44. The normalized spacial score (nSPS) is 15.7. The highest BCUT2D eigenvalue weighted by atomic mass is 32.2. The molecule has 0 aliphatic carbocycles. The zero-order valence-corrected chi connectivity index (χ0v) is 22.1. The number of rotatable bonds is 10. The average Bonchev–Trinajstić information content (AvgIpc) is 3.10. The minimum atomic E-state index is -3.47. The Morgan fingerprint density at radius 1 is 1.03 bits per heavy atom. The summed E-state index contributed by atoms with van der Waals surface area (Å²) < 4.78 is 53.2. The van der Waals surface area contributed by atoms with E-state index in [0.29, 0.717) is 17.8 Å². The molecule has 0 saturated carbocycles. The molecule has 0 aromatic heterocycles. The third-order valence-corrected chi connectivity index (χ3v) is 8.39. The highest BCUT2D eigenvalue weighted by Gasteiger charge is 2.31. The summed E-state index contributed by atoms with van der Waals surface area (Å²) in [4.78, 5) is 13.2. The van der Waals surface area contributed by atoms with E-state index in [4.69, 9.17) is 0 Å². The van der Waals surface area contributed by atoms with Crippen molar-refractivity contribution in [3.8, 4) is 0 Å². The molecule has 0 unspecified atom stereocenters. The van der Waals surface area contributed by atoms with Crippen LogP contribution in [0.2, 0.25) is 0 Å². The first kappa shape index (κ1) is 27.7. The van der Waals surface area contributed by atoms with E-state index >= 15 is 0 Å². The Balaban J connectivity index is 1.50. The molecule has 10 heteroatoms. The second-order valence-corrected chi connectivity index (χ2v) is 11.5. The number of hydrogen-bond donors (Lipinski definition) is 3. The first-order valence-electron chi connectivity index (χ1n) is 12.4. The molecule has 3 aromatic carbocycles. The van der Waals surface area contributed by atoms with Gasteiger partial charge in [-0.15, -0.1) is 0 Å². The van der Waals surface area contributed by atoms with Gasteiger partial charge in [-0.2, -0.15) is 0 Å². The van der Waals surface area contributed by atoms with Crippen molar-refractivity contribution < 1.29 is 27.1 Å². The van der Waals surface area contributed by atoms with Crippen LogP contribution < -0.4 is 14.9 Å². The highest BCUT2D eigenvalue weighted by molar-refractivity contribution is 7.92. The molecule has 4 rings (SSSR count). The molecular formula is C28H31F2N3O4S. The van der Waals surface area contributed by atoms with Gasteiger partial charge in [0.15, 0.2) is 0 Å². The lowest BCUT2D eigenvalue weighted by Crippen LogP contribution is -2.48. The predicted molar refractivity (Wildman–Crippen MR) is 142 cm³/mol. The van der Waals surface area contributed by atoms with Crippen LogP contribution in [0.3, 0.4) is 0 Å². The van der Waals surface area contributed by atoms with Crippen LogP contribution in [0.15, 0.2) is 60.7 Å². The van der Waals surface area contributed by atoms with Crippen LogP contribution in [-0.2, 0) is 35.2 Å². The fraction of sp³-hybridized carbons (Fsp3) is 0.321. The number of amides is 1. The zero-order chi connectivity index (χ0) is 27.4. The van der Waals surface area contributed by atoms with Crippen molar-refractivity contribution in [2.45, 2.75) is 44.2 Å². The van der Waals surface area contributed by atoms with Gasteiger partial charge in [-0.3, -0.25) is 9.10 Å². The number of nitrogens with zero attached hydrogens (tertiary/aromatic N) is 1. The lowest BCUT2D eigenvalue weighted by atomic mass is 9.99. The third-order valence-electron chi connectivity index (χ3n) is 6.68. The number of halogens is 2. The molecule has 3 N–H and O–H groups in total. The van der Waals surface area contributed by atoms with Crippen LogP contribution in [0.4, 0.5) is 14.5 Å². The van der Waals surface area contributed by atoms with E-state index in [9.17, 15) is 27.1 Å². The topological polar surface area (TPSA) is 98.7 Å². The number of anilines is 1. The van der Waals surface area contributed by atoms with Crippen molar-refractivity contribution in [3.05, 3.63) is 100 Å². The van der Waals surface area contributed by atoms with Gasteiger partial charge in [-0.05, 0) is 59.4 Å². The number of carbonyl (C=O) groups is 1. The summed E-state index contributed by atoms with van der Waals surface area (Å²) in [6, 6.07) is 14.8. The van der Waals surface area contributed by atoms with Gasteiger partial charge in [0, 0.05) is 31.8 Å². The van der Waals surface area contributed by atoms with E-state index in [2.05, 4.69) is 23.6 Å². The summed E-state index contributed by atoms with van der Waals surface area (Å²) >= 11 is 0. The smallest absolute Gasteiger partial charge is 0.251 e. The van der Waals surface area contributed by atoms with Crippen molar-refractivity contribution >= 4 is 21.6 Å². The van der Waals surface area contributed by atoms with E-state index in [-0.39, 0.29) is 29.8 Å². The molecule has 0 bridgehead atoms. The second kappa shape index (κ2) is 11.6. The summed E-state index contributed by atoms with van der Waals surface area (Å²) in [6.45, 7) is 2.67. The van der Waals surface area contributed by atoms with Crippen LogP contribution in [0.25, 0.3) is 0 Å². The standard InChI is InChI=1S/C28H31F2N3O4S/c1-3-18-5-4-6-19(9-18)15-31-16-27(34)25(12-20-10-23(29)14-24(30)11-20)32-28(35)21-7-8-22-17-38(36,37)33(2)26(22)13-21/h4-11,13-14,25,27,31,34H,3,12,15-17H2,1-2H3,(H,32,35)/t25-,27+/m0/s1. The monoisotopic (exact) mass is 543 g/mol. The molecule has 3 aromatic rings. The number of fused-ring (bicyclic) bond motifs is 1. The zero-order valence-electron chi connectivity index (χ0n) is 21.2. The van der Waals surface area contributed by atoms with Crippen LogP contribution >= 0.6 is 0 Å². The van der Waals surface area contributed by atoms with Gasteiger partial charge in [-0.25, -0.2) is 17.2 Å². The number of aliphatic hydroxyl groups is 1. The molecule has 0 spiro atoms. The molecule has 1 amide bonds. The number of sulfonamides is 1. The largest absolute Gasteiger partial charge is 0.390 e. The maximum atomic E-state index is 13.8. The van der Waals surface area contributed by atoms with Gasteiger partial charge in [-0.1, -0.05) is 37.3 Å². The van der Waals surface area contributed by atoms with Crippen LogP contribution in [0.5, 0.6) is 0 Å². The first-order valence-corrected chi connectivity index (χ1v) is 14.0. The van der Waals surface area contributed by atoms with Crippen molar-refractivity contribution in [1.82, 2.24) is 10.6 Å². The molecule has 38 heavy (non-hydrogen) atoms. The Hall–Kier alpha value is -3.34. The maximum absolute atomic E-state index is 13.8. The molecule has 0 saturated heterocycles. The molecule has 1 aliphatic rings. The Morgan fingerprint density at radius 3 is 2.45 bits per heavy atom. The van der Waals surface area contributed by atoms with Crippen LogP contribution in [0, 0.1) is 11.6 Å². The minimum absolute atomic E-state index is 0.0200. The average molecular weight is 544 g/mol. The number of aliphatic hydroxyl groups excluding tert-OH is 1. The third kappa shape index (κ3) is 6.56. The van der Waals surface area contributed by atoms with Crippen molar-refractivity contribution in [1.29, 1.82) is 0 Å². The number of benzene rings is 3. The Bertz CT molecular complexity index is 1410. The molecule has 1 heterocycles. The van der Waals surface area contributed by atoms with E-state index < -0.39 is 39.7 Å². The van der Waals surface area contributed by atoms with E-state index in [1.807, 2.05) is 18.2 Å². The number of nitrogens with one attached hydrogen (secondary N) is 2. The Morgan fingerprint density at radius 2 is 1.74 bits per heavy atom. The quantitative estimate of drug-likeness (QED) is 0.365. The van der Waals surface area contributed by atoms with Crippen LogP contribution in [-0.4, -0.2) is 45.2 Å². The molecule has 0 fully saturated rings. The number of hydrogen-bond acceptors (Lipinski definition) is 5. The highest BCUT2D eigenvalue weighted by Crippen LogP contribution is 2.32. The number of carbonyl (C=O) groups excluding carboxylic acids is 1. The minimum Gasteiger partial charge on any atom is -0.390 e. The fourth-order valence-electron chi connectivity index (χ4n) is 4.55. The van der Waals surface area contributed by atoms with E-state index in [1.54, 1.807) is 6.07 Å². The van der Waals surface area contributed by atoms with Gasteiger partial charge < -0.3 is 15.7 Å². The van der Waals surface area contributed by atoms with Gasteiger partial charge in [0.1, 0.15) is 11.6 Å². The summed E-state index contributed by atoms with van der Waals surface area (Å²) in [5, 5.41) is 16.9. The molecular weight excluding hydrogens is 512 g/mol. The molecule has 7 nitrogen and oxygen atoms in total. The predicted octanol–water partition coefficient (Wildman–Crippen LogP) is 3.30. The fourth-order valence-corrected chi connectivity index (χ4v) is 5.85. The molecule has 1 aliphatic heterocycles. The SMILES string of the molecule is CCc1cccc(CNC[C@@H](O)[C@H](Cc2cc(F)cc(F)c2)NC(=O)c2ccc3c(c2)N(C)S(=O)(=O)C3)c1. The van der Waals surface area contributed by atoms with Crippen LogP contribution in [0.1, 0.15) is 39.5 Å². The molecule has 202 valence electrons. The second-order valence-electron chi connectivity index (χ2n) is 9.50. The maximum Gasteiger partial charge on any atom is 0.251 e.